The molecule has 0 radical (unpaired) electrons. The predicted molar refractivity (Wildman–Crippen MR) is 109 cm³/mol. The first-order valence-corrected chi connectivity index (χ1v) is 8.87. The summed E-state index contributed by atoms with van der Waals surface area (Å²) in [6.45, 7) is 1.35. The van der Waals surface area contributed by atoms with E-state index in [0.29, 0.717) is 32.3 Å². The van der Waals surface area contributed by atoms with Crippen LogP contribution in [0.2, 0.25) is 5.02 Å². The number of hydrogen-bond acceptors (Lipinski definition) is 5. The van der Waals surface area contributed by atoms with Gasteiger partial charge in [-0.15, -0.1) is 17.1 Å². The first-order valence-electron chi connectivity index (χ1n) is 8.49. The summed E-state index contributed by atoms with van der Waals surface area (Å²) >= 11 is 6.38. The molecule has 0 saturated carbocycles. The number of nitrogens with zero attached hydrogens (tertiary/aromatic N) is 4. The number of aromatic nitrogens is 2. The number of nitrogens with two attached hydrogens (primary N) is 1. The van der Waals surface area contributed by atoms with Crippen molar-refractivity contribution in [3.8, 4) is 17.3 Å². The van der Waals surface area contributed by atoms with Gasteiger partial charge in [-0.05, 0) is 18.6 Å². The third kappa shape index (κ3) is 3.16. The van der Waals surface area contributed by atoms with E-state index in [1.165, 1.54) is 6.07 Å². The molecule has 1 aliphatic rings. The average Bonchev–Trinajstić information content (AvgIpc) is 3.10. The van der Waals surface area contributed by atoms with Crippen LogP contribution >= 0.6 is 24.0 Å². The van der Waals surface area contributed by atoms with Gasteiger partial charge in [0, 0.05) is 31.3 Å². The maximum Gasteiger partial charge on any atom is 0.369 e. The van der Waals surface area contributed by atoms with E-state index in [9.17, 15) is 15.7 Å². The Labute approximate surface area is 172 Å². The zero-order chi connectivity index (χ0) is 19.1. The summed E-state index contributed by atoms with van der Waals surface area (Å²) in [5.41, 5.74) is 7.09. The van der Waals surface area contributed by atoms with Crippen molar-refractivity contribution >= 4 is 40.7 Å². The fraction of sp³-hybridized carbons (Fsp3) is 0.211. The lowest BCUT2D eigenvalue weighted by Crippen LogP contribution is -2.43. The Morgan fingerprint density at radius 1 is 1.14 bits per heavy atom. The van der Waals surface area contributed by atoms with Crippen LogP contribution in [0.4, 0.5) is 5.69 Å². The topological polar surface area (TPSA) is 107 Å². The van der Waals surface area contributed by atoms with Crippen LogP contribution in [0.1, 0.15) is 12.1 Å². The van der Waals surface area contributed by atoms with Crippen LogP contribution in [0.5, 0.6) is 0 Å². The van der Waals surface area contributed by atoms with E-state index in [1.807, 2.05) is 11.0 Å². The molecule has 1 aromatic heterocycles. The van der Waals surface area contributed by atoms with Crippen molar-refractivity contribution < 1.29 is 9.46 Å². The lowest BCUT2D eigenvalue weighted by atomic mass is 10.1. The minimum atomic E-state index is -0.268. The number of benzene rings is 2. The molecule has 0 aliphatic carbocycles. The van der Waals surface area contributed by atoms with E-state index in [0.717, 1.165) is 13.0 Å². The molecule has 4 rings (SSSR count). The number of rotatable bonds is 2. The fourth-order valence-electron chi connectivity index (χ4n) is 3.50. The lowest BCUT2D eigenvalue weighted by Gasteiger charge is -2.20. The summed E-state index contributed by atoms with van der Waals surface area (Å²) in [6.07, 6.45) is 0.829. The molecule has 0 amide bonds. The molecule has 1 saturated heterocycles. The van der Waals surface area contributed by atoms with Crippen LogP contribution in [0, 0.1) is 21.7 Å². The zero-order valence-corrected chi connectivity index (χ0v) is 16.3. The highest BCUT2D eigenvalue weighted by Gasteiger charge is 2.32. The molecule has 0 unspecified atom stereocenters. The first kappa shape index (κ1) is 20.0. The number of anilines is 1. The third-order valence-electron chi connectivity index (χ3n) is 4.83. The molecule has 2 aromatic carbocycles. The van der Waals surface area contributed by atoms with Crippen LogP contribution in [0.3, 0.4) is 0 Å². The van der Waals surface area contributed by atoms with Gasteiger partial charge in [0.05, 0.1) is 16.3 Å². The van der Waals surface area contributed by atoms with E-state index in [4.69, 9.17) is 17.3 Å². The monoisotopic (exact) mass is 417 g/mol. The van der Waals surface area contributed by atoms with Gasteiger partial charge in [0.2, 0.25) is 0 Å². The fourth-order valence-corrected chi connectivity index (χ4v) is 3.77. The van der Waals surface area contributed by atoms with Crippen LogP contribution in [-0.4, -0.2) is 19.1 Å². The lowest BCUT2D eigenvalue weighted by molar-refractivity contribution is -0.622. The Kier molecular flexibility index (Phi) is 5.47. The van der Waals surface area contributed by atoms with Gasteiger partial charge < -0.3 is 21.0 Å². The summed E-state index contributed by atoms with van der Waals surface area (Å²) in [5.74, 6) is 0. The molecule has 1 fully saturated rings. The van der Waals surface area contributed by atoms with E-state index < -0.39 is 0 Å². The van der Waals surface area contributed by atoms with Gasteiger partial charge in [-0.2, -0.15) is 9.99 Å². The van der Waals surface area contributed by atoms with Gasteiger partial charge >= 0.3 is 11.4 Å². The van der Waals surface area contributed by atoms with E-state index in [2.05, 4.69) is 0 Å². The molecule has 7 nitrogen and oxygen atoms in total. The van der Waals surface area contributed by atoms with Gasteiger partial charge in [0.15, 0.2) is 6.07 Å². The second kappa shape index (κ2) is 7.68. The summed E-state index contributed by atoms with van der Waals surface area (Å²) < 4.78 is 1.10. The zero-order valence-electron chi connectivity index (χ0n) is 14.7. The van der Waals surface area contributed by atoms with Crippen molar-refractivity contribution in [3.05, 3.63) is 63.6 Å². The minimum absolute atomic E-state index is 0. The van der Waals surface area contributed by atoms with Crippen molar-refractivity contribution in [2.75, 3.05) is 18.0 Å². The molecule has 1 aliphatic heterocycles. The number of fused-ring (bicyclic) bond motifs is 1. The molecular weight excluding hydrogens is 401 g/mol. The van der Waals surface area contributed by atoms with Crippen molar-refractivity contribution in [2.45, 2.75) is 12.5 Å². The van der Waals surface area contributed by atoms with Crippen molar-refractivity contribution in [1.29, 1.82) is 5.26 Å². The summed E-state index contributed by atoms with van der Waals surface area (Å²) in [6, 6.07) is 13.6. The van der Waals surface area contributed by atoms with Crippen LogP contribution in [0.15, 0.2) is 42.5 Å². The molecule has 9 heteroatoms. The van der Waals surface area contributed by atoms with Gasteiger partial charge in [0.1, 0.15) is 0 Å². The smallest absolute Gasteiger partial charge is 0.369 e. The first-order chi connectivity index (χ1) is 13.0. The Hall–Kier alpha value is -2.79. The second-order valence-electron chi connectivity index (χ2n) is 6.55. The number of nitriles is 1. The highest BCUT2D eigenvalue weighted by atomic mass is 35.5. The van der Waals surface area contributed by atoms with Crippen molar-refractivity contribution in [1.82, 2.24) is 0 Å². The quantitative estimate of drug-likeness (QED) is 0.508. The van der Waals surface area contributed by atoms with Crippen LogP contribution in [0.25, 0.3) is 22.3 Å². The second-order valence-corrected chi connectivity index (χ2v) is 6.96. The normalized spacial score (nSPS) is 16.0. The van der Waals surface area contributed by atoms with E-state index in [-0.39, 0.29) is 40.9 Å². The largest absolute Gasteiger partial charge is 0.617 e. The van der Waals surface area contributed by atoms with Crippen molar-refractivity contribution in [3.63, 3.8) is 0 Å². The molecule has 2 N–H and O–H groups in total. The molecule has 2 heterocycles. The summed E-state index contributed by atoms with van der Waals surface area (Å²) in [5, 5.41) is 35.8. The summed E-state index contributed by atoms with van der Waals surface area (Å²) in [7, 11) is 0. The molecule has 28 heavy (non-hydrogen) atoms. The van der Waals surface area contributed by atoms with Gasteiger partial charge in [-0.3, -0.25) is 0 Å². The number of hydrogen-bond donors (Lipinski definition) is 1. The van der Waals surface area contributed by atoms with Gasteiger partial charge in [-0.25, -0.2) is 0 Å². The highest BCUT2D eigenvalue weighted by molar-refractivity contribution is 6.34. The SMILES string of the molecule is Cl.N#Cc1c(-c2ccccc2)[n+]([O-])c2cc(N3CC[C@H](N)C3)c(Cl)cc2[n+]1[O-]. The minimum Gasteiger partial charge on any atom is -0.617 e. The average molecular weight is 418 g/mol. The molecule has 0 bridgehead atoms. The molecule has 0 spiro atoms. The number of halogens is 2. The highest BCUT2D eigenvalue weighted by Crippen LogP contribution is 2.32. The van der Waals surface area contributed by atoms with E-state index in [1.54, 1.807) is 36.4 Å². The van der Waals surface area contributed by atoms with Gasteiger partial charge in [0.25, 0.3) is 11.0 Å². The molecule has 1 atom stereocenters. The Morgan fingerprint density at radius 2 is 1.82 bits per heavy atom. The van der Waals surface area contributed by atoms with Crippen molar-refractivity contribution in [2.24, 2.45) is 5.73 Å². The van der Waals surface area contributed by atoms with Gasteiger partial charge in [-0.1, -0.05) is 29.8 Å². The third-order valence-corrected chi connectivity index (χ3v) is 5.13. The molecule has 3 aromatic rings. The van der Waals surface area contributed by atoms with E-state index >= 15 is 0 Å². The molecule has 144 valence electrons. The maximum absolute atomic E-state index is 13.1. The Balaban J connectivity index is 0.00000225. The Bertz CT molecular complexity index is 1090. The van der Waals surface area contributed by atoms with Crippen LogP contribution < -0.4 is 20.1 Å². The standard InChI is InChI=1S/C19H16ClN5O2.ClH/c20-14-8-16-17(9-15(14)23-7-6-13(22)11-23)25(27)19(18(10-21)24(16)26)12-4-2-1-3-5-12;/h1-5,8-9,13H,6-7,11,22H2;1H/t13-;/m0./s1. The molecular formula is C19H17Cl2N5O2. The summed E-state index contributed by atoms with van der Waals surface area (Å²) in [4.78, 5) is 2.00. The predicted octanol–water partition coefficient (Wildman–Crippen LogP) is 2.26. The van der Waals surface area contributed by atoms with Crippen LogP contribution in [-0.2, 0) is 0 Å². The maximum atomic E-state index is 13.1. The Morgan fingerprint density at radius 3 is 2.43 bits per heavy atom.